The van der Waals surface area contributed by atoms with Crippen molar-refractivity contribution < 1.29 is 24.2 Å². The Balaban J connectivity index is 1.90. The zero-order chi connectivity index (χ0) is 25.2. The third-order valence-corrected chi connectivity index (χ3v) is 6.11. The monoisotopic (exact) mass is 479 g/mol. The summed E-state index contributed by atoms with van der Waals surface area (Å²) in [7, 11) is 0. The molecule has 2 aromatic rings. The Bertz CT molecular complexity index is 1010. The van der Waals surface area contributed by atoms with E-state index in [1.807, 2.05) is 31.2 Å². The molecule has 188 valence electrons. The molecule has 1 amide bonds. The van der Waals surface area contributed by atoms with Crippen molar-refractivity contribution >= 4 is 17.4 Å². The molecule has 0 aromatic heterocycles. The van der Waals surface area contributed by atoms with E-state index in [0.717, 1.165) is 43.4 Å². The first-order valence-electron chi connectivity index (χ1n) is 12.8. The zero-order valence-electron chi connectivity index (χ0n) is 21.1. The molecule has 0 aliphatic carbocycles. The van der Waals surface area contributed by atoms with Crippen LogP contribution in [0.2, 0.25) is 0 Å². The van der Waals surface area contributed by atoms with Crippen LogP contribution in [0.3, 0.4) is 0 Å². The van der Waals surface area contributed by atoms with Crippen molar-refractivity contribution in [3.63, 3.8) is 0 Å². The number of ketones is 1. The van der Waals surface area contributed by atoms with Gasteiger partial charge in [-0.2, -0.15) is 0 Å². The van der Waals surface area contributed by atoms with Gasteiger partial charge in [-0.15, -0.1) is 0 Å². The number of amides is 1. The zero-order valence-corrected chi connectivity index (χ0v) is 21.1. The molecule has 1 fully saturated rings. The number of unbranched alkanes of at least 4 members (excludes halogenated alkanes) is 3. The Hall–Kier alpha value is -3.28. The topological polar surface area (TPSA) is 76.1 Å². The Kier molecular flexibility index (Phi) is 9.76. The largest absolute Gasteiger partial charge is 0.507 e. The lowest BCUT2D eigenvalue weighted by atomic mass is 9.95. The lowest BCUT2D eigenvalue weighted by molar-refractivity contribution is -0.139. The van der Waals surface area contributed by atoms with Gasteiger partial charge >= 0.3 is 0 Å². The van der Waals surface area contributed by atoms with Gasteiger partial charge in [-0.3, -0.25) is 9.59 Å². The molecule has 6 nitrogen and oxygen atoms in total. The van der Waals surface area contributed by atoms with Crippen molar-refractivity contribution in [2.45, 2.75) is 65.3 Å². The van der Waals surface area contributed by atoms with E-state index in [4.69, 9.17) is 9.47 Å². The van der Waals surface area contributed by atoms with Crippen molar-refractivity contribution in [1.82, 2.24) is 4.90 Å². The van der Waals surface area contributed by atoms with Crippen LogP contribution in [-0.4, -0.2) is 41.5 Å². The molecule has 1 aliphatic rings. The molecule has 1 unspecified atom stereocenters. The van der Waals surface area contributed by atoms with E-state index in [1.54, 1.807) is 29.2 Å². The highest BCUT2D eigenvalue weighted by atomic mass is 16.5. The predicted octanol–water partition coefficient (Wildman–Crippen LogP) is 6.27. The van der Waals surface area contributed by atoms with Crippen LogP contribution in [-0.2, 0) is 9.59 Å². The van der Waals surface area contributed by atoms with Gasteiger partial charge in [-0.1, -0.05) is 52.2 Å². The van der Waals surface area contributed by atoms with Gasteiger partial charge in [-0.05, 0) is 61.2 Å². The quantitative estimate of drug-likeness (QED) is 0.159. The number of benzene rings is 2. The third-order valence-electron chi connectivity index (χ3n) is 6.11. The van der Waals surface area contributed by atoms with Crippen molar-refractivity contribution in [3.05, 3.63) is 65.2 Å². The fourth-order valence-corrected chi connectivity index (χ4v) is 4.19. The summed E-state index contributed by atoms with van der Waals surface area (Å²) in [6.45, 7) is 7.91. The number of likely N-dealkylation sites (tertiary alicyclic amines) is 1. The standard InChI is InChI=1S/C29H37NO5/c1-4-7-9-20-35-24-16-12-22(13-17-24)27(31)25-26(30(18-6-3)29(33)28(25)32)21-10-14-23(15-11-21)34-19-8-5-2/h10-17,26,31H,4-9,18-20H2,1-3H3/b27-25+. The minimum Gasteiger partial charge on any atom is -0.507 e. The fraction of sp³-hybridized carbons (Fsp3) is 0.448. The van der Waals surface area contributed by atoms with Crippen LogP contribution in [0.5, 0.6) is 11.5 Å². The van der Waals surface area contributed by atoms with Crippen molar-refractivity contribution in [2.75, 3.05) is 19.8 Å². The maximum Gasteiger partial charge on any atom is 0.295 e. The van der Waals surface area contributed by atoms with Gasteiger partial charge in [0.15, 0.2) is 0 Å². The summed E-state index contributed by atoms with van der Waals surface area (Å²) in [6, 6.07) is 13.8. The molecule has 1 saturated heterocycles. The predicted molar refractivity (Wildman–Crippen MR) is 138 cm³/mol. The highest BCUT2D eigenvalue weighted by Crippen LogP contribution is 2.40. The number of aliphatic hydroxyl groups excluding tert-OH is 1. The molecule has 0 spiro atoms. The van der Waals surface area contributed by atoms with Gasteiger partial charge in [-0.25, -0.2) is 0 Å². The number of Topliss-reactive ketones (excluding diaryl/α,β-unsaturated/α-hetero) is 1. The number of carbonyl (C=O) groups is 2. The van der Waals surface area contributed by atoms with Gasteiger partial charge in [0.25, 0.3) is 11.7 Å². The first kappa shape index (κ1) is 26.3. The number of aliphatic hydroxyl groups is 1. The summed E-state index contributed by atoms with van der Waals surface area (Å²) >= 11 is 0. The molecule has 1 aliphatic heterocycles. The summed E-state index contributed by atoms with van der Waals surface area (Å²) in [5.74, 6) is 0.0258. The van der Waals surface area contributed by atoms with Gasteiger partial charge in [0.05, 0.1) is 24.8 Å². The Morgan fingerprint density at radius 1 is 0.800 bits per heavy atom. The molecule has 1 atom stereocenters. The summed E-state index contributed by atoms with van der Waals surface area (Å²) in [4.78, 5) is 27.5. The molecule has 35 heavy (non-hydrogen) atoms. The number of rotatable bonds is 13. The molecule has 2 aromatic carbocycles. The van der Waals surface area contributed by atoms with E-state index in [9.17, 15) is 14.7 Å². The van der Waals surface area contributed by atoms with Gasteiger partial charge in [0.2, 0.25) is 0 Å². The van der Waals surface area contributed by atoms with Crippen LogP contribution < -0.4 is 9.47 Å². The minimum atomic E-state index is -0.663. The van der Waals surface area contributed by atoms with Crippen LogP contribution in [0, 0.1) is 0 Å². The van der Waals surface area contributed by atoms with Crippen LogP contribution in [0.1, 0.15) is 76.5 Å². The molecule has 0 bridgehead atoms. The van der Waals surface area contributed by atoms with Gasteiger partial charge in [0, 0.05) is 12.1 Å². The van der Waals surface area contributed by atoms with Crippen LogP contribution >= 0.6 is 0 Å². The van der Waals surface area contributed by atoms with Crippen molar-refractivity contribution in [2.24, 2.45) is 0 Å². The summed E-state index contributed by atoms with van der Waals surface area (Å²) in [5, 5.41) is 11.2. The van der Waals surface area contributed by atoms with Crippen LogP contribution in [0.4, 0.5) is 0 Å². The number of nitrogens with zero attached hydrogens (tertiary/aromatic N) is 1. The van der Waals surface area contributed by atoms with Crippen LogP contribution in [0.15, 0.2) is 54.1 Å². The number of hydrogen-bond acceptors (Lipinski definition) is 5. The second kappa shape index (κ2) is 13.0. The van der Waals surface area contributed by atoms with Gasteiger partial charge < -0.3 is 19.5 Å². The molecule has 6 heteroatoms. The second-order valence-corrected chi connectivity index (χ2v) is 8.84. The summed E-state index contributed by atoms with van der Waals surface area (Å²) in [6.07, 6.45) is 5.95. The van der Waals surface area contributed by atoms with Crippen LogP contribution in [0.25, 0.3) is 5.76 Å². The highest BCUT2D eigenvalue weighted by Gasteiger charge is 2.45. The average molecular weight is 480 g/mol. The molecule has 1 heterocycles. The molecule has 3 rings (SSSR count). The van der Waals surface area contributed by atoms with E-state index < -0.39 is 17.7 Å². The maximum absolute atomic E-state index is 13.0. The molecule has 0 radical (unpaired) electrons. The van der Waals surface area contributed by atoms with E-state index in [0.29, 0.717) is 37.5 Å². The first-order valence-corrected chi connectivity index (χ1v) is 12.8. The summed E-state index contributed by atoms with van der Waals surface area (Å²) in [5.41, 5.74) is 1.35. The molecule has 0 saturated carbocycles. The fourth-order valence-electron chi connectivity index (χ4n) is 4.19. The Labute approximate surface area is 208 Å². The normalized spacial score (nSPS) is 17.1. The van der Waals surface area contributed by atoms with E-state index in [-0.39, 0.29) is 11.3 Å². The number of ether oxygens (including phenoxy) is 2. The van der Waals surface area contributed by atoms with Gasteiger partial charge in [0.1, 0.15) is 17.3 Å². The van der Waals surface area contributed by atoms with E-state index >= 15 is 0 Å². The average Bonchev–Trinajstić information content (AvgIpc) is 3.12. The number of carbonyl (C=O) groups excluding carboxylic acids is 2. The van der Waals surface area contributed by atoms with Crippen molar-refractivity contribution in [1.29, 1.82) is 0 Å². The van der Waals surface area contributed by atoms with E-state index in [2.05, 4.69) is 13.8 Å². The maximum atomic E-state index is 13.0. The second-order valence-electron chi connectivity index (χ2n) is 8.84. The minimum absolute atomic E-state index is 0.111. The molecular formula is C29H37NO5. The summed E-state index contributed by atoms with van der Waals surface area (Å²) < 4.78 is 11.5. The molecule has 1 N–H and O–H groups in total. The lowest BCUT2D eigenvalue weighted by Crippen LogP contribution is -2.30. The first-order chi connectivity index (χ1) is 17.0. The smallest absolute Gasteiger partial charge is 0.295 e. The van der Waals surface area contributed by atoms with E-state index in [1.165, 1.54) is 0 Å². The third kappa shape index (κ3) is 6.44. The van der Waals surface area contributed by atoms with Crippen molar-refractivity contribution in [3.8, 4) is 11.5 Å². The Morgan fingerprint density at radius 3 is 1.94 bits per heavy atom. The lowest BCUT2D eigenvalue weighted by Gasteiger charge is -2.25. The molecular weight excluding hydrogens is 442 g/mol. The number of hydrogen-bond donors (Lipinski definition) is 1. The highest BCUT2D eigenvalue weighted by molar-refractivity contribution is 6.46. The Morgan fingerprint density at radius 2 is 1.37 bits per heavy atom. The SMILES string of the molecule is CCCCCOc1ccc(/C(O)=C2\C(=O)C(=O)N(CCC)C2c2ccc(OCCCC)cc2)cc1.